The minimum atomic E-state index is -3.85. The monoisotopic (exact) mass is 427 g/mol. The van der Waals surface area contributed by atoms with Crippen molar-refractivity contribution in [2.75, 3.05) is 0 Å². The molecule has 2 N–H and O–H groups in total. The number of unbranched alkanes of at least 4 members (excludes halogenated alkanes) is 3. The molecule has 0 radical (unpaired) electrons. The van der Waals surface area contributed by atoms with Crippen LogP contribution in [-0.2, 0) is 14.8 Å². The van der Waals surface area contributed by atoms with Crippen molar-refractivity contribution < 1.29 is 22.7 Å². The van der Waals surface area contributed by atoms with Crippen molar-refractivity contribution in [1.82, 2.24) is 4.72 Å². The summed E-state index contributed by atoms with van der Waals surface area (Å²) in [5.74, 6) is -1.31. The third-order valence-corrected chi connectivity index (χ3v) is 6.07. The Balaban J connectivity index is 2.09. The van der Waals surface area contributed by atoms with Gasteiger partial charge in [0.1, 0.15) is 5.82 Å². The van der Waals surface area contributed by atoms with E-state index in [-0.39, 0.29) is 16.9 Å². The highest BCUT2D eigenvalue weighted by atomic mass is 35.5. The van der Waals surface area contributed by atoms with Gasteiger partial charge in [-0.05, 0) is 43.2 Å². The summed E-state index contributed by atoms with van der Waals surface area (Å²) in [6, 6.07) is 11.1. The normalized spacial score (nSPS) is 12.6. The summed E-state index contributed by atoms with van der Waals surface area (Å²) in [5.41, 5.74) is 0.283. The van der Waals surface area contributed by atoms with Crippen molar-refractivity contribution in [3.05, 3.63) is 64.9 Å². The van der Waals surface area contributed by atoms with E-state index < -0.39 is 27.9 Å². The molecule has 28 heavy (non-hydrogen) atoms. The molecule has 8 heteroatoms. The highest BCUT2D eigenvalue weighted by Gasteiger charge is 2.23. The molecule has 0 bridgehead atoms. The molecule has 0 aliphatic heterocycles. The number of aliphatic carboxylic acids is 1. The van der Waals surface area contributed by atoms with Crippen LogP contribution in [0, 0.1) is 5.82 Å². The van der Waals surface area contributed by atoms with Crippen LogP contribution in [0.15, 0.2) is 53.4 Å². The van der Waals surface area contributed by atoms with Crippen molar-refractivity contribution in [1.29, 1.82) is 0 Å². The minimum absolute atomic E-state index is 0.0553. The highest BCUT2D eigenvalue weighted by molar-refractivity contribution is 7.89. The second kappa shape index (κ2) is 10.5. The summed E-state index contributed by atoms with van der Waals surface area (Å²) in [7, 11) is -3.85. The second-order valence-electron chi connectivity index (χ2n) is 6.50. The van der Waals surface area contributed by atoms with Crippen molar-refractivity contribution in [3.8, 4) is 0 Å². The van der Waals surface area contributed by atoms with Crippen LogP contribution in [0.25, 0.3) is 0 Å². The molecule has 0 aromatic heterocycles. The maximum Gasteiger partial charge on any atom is 0.303 e. The number of nitrogens with one attached hydrogen (secondary N) is 1. The molecule has 0 heterocycles. The van der Waals surface area contributed by atoms with Gasteiger partial charge < -0.3 is 5.11 Å². The largest absolute Gasteiger partial charge is 0.481 e. The van der Waals surface area contributed by atoms with Crippen LogP contribution in [0.2, 0.25) is 5.02 Å². The standard InChI is InChI=1S/C20H23ClFNO4S/c21-15-11-13-16(14-12-15)28(26,27)23-19(17-7-5-6-8-18(17)22)9-3-1-2-4-10-20(24)25/h5-8,11-14,19,23H,1-4,9-10H2,(H,24,25). The van der Waals surface area contributed by atoms with E-state index in [9.17, 15) is 17.6 Å². The smallest absolute Gasteiger partial charge is 0.303 e. The summed E-state index contributed by atoms with van der Waals surface area (Å²) >= 11 is 5.81. The van der Waals surface area contributed by atoms with Crippen molar-refractivity contribution in [2.45, 2.75) is 49.5 Å². The number of carboxylic acids is 1. The summed E-state index contributed by atoms with van der Waals surface area (Å²) in [6.07, 6.45) is 3.18. The molecule has 0 aliphatic rings. The van der Waals surface area contributed by atoms with Crippen LogP contribution < -0.4 is 4.72 Å². The fraction of sp³-hybridized carbons (Fsp3) is 0.350. The second-order valence-corrected chi connectivity index (χ2v) is 8.65. The molecule has 2 rings (SSSR count). The molecule has 0 saturated heterocycles. The number of carbonyl (C=O) groups is 1. The molecule has 2 aromatic carbocycles. The fourth-order valence-electron chi connectivity index (χ4n) is 2.88. The molecule has 5 nitrogen and oxygen atoms in total. The average molecular weight is 428 g/mol. The van der Waals surface area contributed by atoms with E-state index in [0.717, 1.165) is 12.8 Å². The third-order valence-electron chi connectivity index (χ3n) is 4.34. The average Bonchev–Trinajstić information content (AvgIpc) is 2.64. The lowest BCUT2D eigenvalue weighted by Crippen LogP contribution is -2.29. The van der Waals surface area contributed by atoms with Crippen LogP contribution in [-0.4, -0.2) is 19.5 Å². The van der Waals surface area contributed by atoms with Crippen LogP contribution in [0.1, 0.15) is 50.1 Å². The predicted molar refractivity (Wildman–Crippen MR) is 106 cm³/mol. The number of halogens is 2. The van der Waals surface area contributed by atoms with Gasteiger partial charge in [0.2, 0.25) is 10.0 Å². The van der Waals surface area contributed by atoms with E-state index in [0.29, 0.717) is 24.3 Å². The summed E-state index contributed by atoms with van der Waals surface area (Å²) < 4.78 is 42.3. The molecule has 152 valence electrons. The van der Waals surface area contributed by atoms with Gasteiger partial charge in [-0.3, -0.25) is 4.79 Å². The first-order chi connectivity index (χ1) is 13.3. The first-order valence-corrected chi connectivity index (χ1v) is 10.9. The zero-order chi connectivity index (χ0) is 20.6. The molecule has 0 spiro atoms. The number of benzene rings is 2. The molecule has 2 aromatic rings. The lowest BCUT2D eigenvalue weighted by atomic mass is 10.00. The summed E-state index contributed by atoms with van der Waals surface area (Å²) in [6.45, 7) is 0. The lowest BCUT2D eigenvalue weighted by Gasteiger charge is -2.20. The number of hydrogen-bond acceptors (Lipinski definition) is 3. The van der Waals surface area contributed by atoms with Crippen LogP contribution in [0.4, 0.5) is 4.39 Å². The Morgan fingerprint density at radius 3 is 2.32 bits per heavy atom. The van der Waals surface area contributed by atoms with Crippen LogP contribution in [0.5, 0.6) is 0 Å². The van der Waals surface area contributed by atoms with Crippen molar-refractivity contribution in [2.24, 2.45) is 0 Å². The molecule has 0 fully saturated rings. The molecule has 0 amide bonds. The first-order valence-electron chi connectivity index (χ1n) is 9.04. The SMILES string of the molecule is O=C(O)CCCCCCC(NS(=O)(=O)c1ccc(Cl)cc1)c1ccccc1F. The first kappa shape index (κ1) is 22.3. The van der Waals surface area contributed by atoms with Crippen LogP contribution in [0.3, 0.4) is 0 Å². The minimum Gasteiger partial charge on any atom is -0.481 e. The third kappa shape index (κ3) is 6.89. The van der Waals surface area contributed by atoms with E-state index in [4.69, 9.17) is 16.7 Å². The van der Waals surface area contributed by atoms with Gasteiger partial charge in [0, 0.05) is 23.0 Å². The number of hydrogen-bond donors (Lipinski definition) is 2. The maximum absolute atomic E-state index is 14.3. The molecule has 0 saturated carbocycles. The molecule has 0 aliphatic carbocycles. The Kier molecular flexibility index (Phi) is 8.41. The summed E-state index contributed by atoms with van der Waals surface area (Å²) in [5, 5.41) is 9.09. The molecular formula is C20H23ClFNO4S. The Hall–Kier alpha value is -1.96. The van der Waals surface area contributed by atoms with E-state index in [1.807, 2.05) is 0 Å². The maximum atomic E-state index is 14.3. The number of carboxylic acid groups (broad SMARTS) is 1. The van der Waals surface area contributed by atoms with E-state index in [2.05, 4.69) is 4.72 Å². The van der Waals surface area contributed by atoms with Gasteiger partial charge in [0.15, 0.2) is 0 Å². The van der Waals surface area contributed by atoms with Crippen LogP contribution >= 0.6 is 11.6 Å². The number of rotatable bonds is 11. The van der Waals surface area contributed by atoms with E-state index in [1.165, 1.54) is 30.3 Å². The zero-order valence-corrected chi connectivity index (χ0v) is 16.8. The van der Waals surface area contributed by atoms with E-state index >= 15 is 0 Å². The Morgan fingerprint density at radius 1 is 1.04 bits per heavy atom. The van der Waals surface area contributed by atoms with E-state index in [1.54, 1.807) is 18.2 Å². The predicted octanol–water partition coefficient (Wildman–Crippen LogP) is 4.92. The van der Waals surface area contributed by atoms with Gasteiger partial charge in [-0.25, -0.2) is 17.5 Å². The molecule has 1 unspecified atom stereocenters. The zero-order valence-electron chi connectivity index (χ0n) is 15.3. The van der Waals surface area contributed by atoms with Gasteiger partial charge in [-0.1, -0.05) is 49.1 Å². The fourth-order valence-corrected chi connectivity index (χ4v) is 4.26. The van der Waals surface area contributed by atoms with Gasteiger partial charge in [-0.2, -0.15) is 0 Å². The number of sulfonamides is 1. The quantitative estimate of drug-likeness (QED) is 0.498. The lowest BCUT2D eigenvalue weighted by molar-refractivity contribution is -0.137. The van der Waals surface area contributed by atoms with Gasteiger partial charge in [-0.15, -0.1) is 0 Å². The van der Waals surface area contributed by atoms with Gasteiger partial charge in [0.05, 0.1) is 4.90 Å². The highest BCUT2D eigenvalue weighted by Crippen LogP contribution is 2.25. The molecular weight excluding hydrogens is 405 g/mol. The van der Waals surface area contributed by atoms with Crippen molar-refractivity contribution in [3.63, 3.8) is 0 Å². The molecule has 1 atom stereocenters. The topological polar surface area (TPSA) is 83.5 Å². The van der Waals surface area contributed by atoms with Gasteiger partial charge >= 0.3 is 5.97 Å². The summed E-state index contributed by atoms with van der Waals surface area (Å²) in [4.78, 5) is 10.6. The Bertz CT molecular complexity index is 887. The van der Waals surface area contributed by atoms with Gasteiger partial charge in [0.25, 0.3) is 0 Å². The Morgan fingerprint density at radius 2 is 1.68 bits per heavy atom. The van der Waals surface area contributed by atoms with Crippen molar-refractivity contribution >= 4 is 27.6 Å². The Labute approximate surface area is 169 Å².